The fraction of sp³-hybridized carbons (Fsp3) is 0.267. The van der Waals surface area contributed by atoms with Gasteiger partial charge in [0.05, 0.1) is 0 Å². The molecule has 1 N–H and O–H groups in total. The lowest BCUT2D eigenvalue weighted by atomic mass is 10.2. The Morgan fingerprint density at radius 3 is 2.62 bits per heavy atom. The molecular formula is C15H15IN2O3. The first-order chi connectivity index (χ1) is 9.86. The van der Waals surface area contributed by atoms with Gasteiger partial charge in [-0.2, -0.15) is 4.98 Å². The van der Waals surface area contributed by atoms with Gasteiger partial charge in [0, 0.05) is 21.2 Å². The molecule has 5 nitrogen and oxygen atoms in total. The van der Waals surface area contributed by atoms with Crippen molar-refractivity contribution in [1.82, 2.24) is 9.97 Å². The van der Waals surface area contributed by atoms with Crippen molar-refractivity contribution in [2.75, 3.05) is 0 Å². The number of ether oxygens (including phenoxy) is 1. The second-order valence-electron chi connectivity index (χ2n) is 4.91. The Kier molecular flexibility index (Phi) is 4.76. The van der Waals surface area contributed by atoms with E-state index < -0.39 is 5.97 Å². The molecule has 0 aliphatic heterocycles. The summed E-state index contributed by atoms with van der Waals surface area (Å²) < 4.78 is 6.49. The van der Waals surface area contributed by atoms with Gasteiger partial charge < -0.3 is 9.84 Å². The van der Waals surface area contributed by atoms with Gasteiger partial charge in [-0.3, -0.25) is 0 Å². The first-order valence-corrected chi connectivity index (χ1v) is 7.51. The van der Waals surface area contributed by atoms with Gasteiger partial charge in [0.25, 0.3) is 0 Å². The highest BCUT2D eigenvalue weighted by Crippen LogP contribution is 2.27. The summed E-state index contributed by atoms with van der Waals surface area (Å²) in [5.74, 6) is 0.444. The lowest BCUT2D eigenvalue weighted by molar-refractivity contribution is 0.0694. The topological polar surface area (TPSA) is 72.3 Å². The van der Waals surface area contributed by atoms with Crippen molar-refractivity contribution in [3.8, 4) is 11.6 Å². The highest BCUT2D eigenvalue weighted by atomic mass is 127. The first kappa shape index (κ1) is 15.7. The van der Waals surface area contributed by atoms with Crippen molar-refractivity contribution in [2.45, 2.75) is 26.7 Å². The molecule has 0 unspecified atom stereocenters. The Balaban J connectivity index is 2.41. The van der Waals surface area contributed by atoms with Crippen molar-refractivity contribution >= 4 is 28.6 Å². The van der Waals surface area contributed by atoms with Gasteiger partial charge >= 0.3 is 5.97 Å². The zero-order valence-electron chi connectivity index (χ0n) is 11.9. The van der Waals surface area contributed by atoms with E-state index in [1.54, 1.807) is 24.3 Å². The third-order valence-corrected chi connectivity index (χ3v) is 3.42. The number of carboxylic acids is 1. The number of hydrogen-bond donors (Lipinski definition) is 1. The molecule has 6 heteroatoms. The molecule has 1 aromatic carbocycles. The van der Waals surface area contributed by atoms with Crippen LogP contribution in [-0.2, 0) is 0 Å². The second kappa shape index (κ2) is 6.38. The van der Waals surface area contributed by atoms with Crippen LogP contribution < -0.4 is 4.74 Å². The van der Waals surface area contributed by atoms with Crippen LogP contribution in [0.15, 0.2) is 24.3 Å². The predicted octanol–water partition coefficient (Wildman–Crippen LogP) is 4.00. The molecule has 21 heavy (non-hydrogen) atoms. The number of hydrogen-bond acceptors (Lipinski definition) is 4. The van der Waals surface area contributed by atoms with E-state index in [9.17, 15) is 9.90 Å². The van der Waals surface area contributed by atoms with Crippen molar-refractivity contribution in [3.63, 3.8) is 0 Å². The van der Waals surface area contributed by atoms with Gasteiger partial charge in [-0.25, -0.2) is 9.78 Å². The molecule has 0 saturated heterocycles. The number of benzene rings is 1. The lowest BCUT2D eigenvalue weighted by Crippen LogP contribution is -2.04. The van der Waals surface area contributed by atoms with Crippen LogP contribution in [0.5, 0.6) is 11.6 Å². The SMILES string of the molecule is Cc1cc(Oc2ccc(I)cc2C(=O)O)nc(C(C)C)n1. The number of carboxylic acid groups (broad SMARTS) is 1. The molecule has 2 aromatic rings. The normalized spacial score (nSPS) is 10.7. The molecule has 2 rings (SSSR count). The van der Waals surface area contributed by atoms with E-state index >= 15 is 0 Å². The van der Waals surface area contributed by atoms with Gasteiger partial charge in [0.1, 0.15) is 17.1 Å². The maximum Gasteiger partial charge on any atom is 0.339 e. The monoisotopic (exact) mass is 398 g/mol. The molecule has 0 spiro atoms. The maximum atomic E-state index is 11.3. The van der Waals surface area contributed by atoms with Gasteiger partial charge in [0.15, 0.2) is 0 Å². The highest BCUT2D eigenvalue weighted by molar-refractivity contribution is 14.1. The van der Waals surface area contributed by atoms with Crippen LogP contribution in [0, 0.1) is 10.5 Å². The molecule has 0 bridgehead atoms. The summed E-state index contributed by atoms with van der Waals surface area (Å²) in [7, 11) is 0. The molecular weight excluding hydrogens is 383 g/mol. The lowest BCUT2D eigenvalue weighted by Gasteiger charge is -2.11. The highest BCUT2D eigenvalue weighted by Gasteiger charge is 2.14. The largest absolute Gasteiger partial charge is 0.478 e. The van der Waals surface area contributed by atoms with Crippen molar-refractivity contribution in [3.05, 3.63) is 44.9 Å². The van der Waals surface area contributed by atoms with Gasteiger partial charge in [-0.15, -0.1) is 0 Å². The number of carbonyl (C=O) groups is 1. The maximum absolute atomic E-state index is 11.3. The van der Waals surface area contributed by atoms with E-state index in [0.29, 0.717) is 11.7 Å². The van der Waals surface area contributed by atoms with Crippen LogP contribution in [0.25, 0.3) is 0 Å². The van der Waals surface area contributed by atoms with E-state index in [2.05, 4.69) is 32.6 Å². The minimum Gasteiger partial charge on any atom is -0.478 e. The van der Waals surface area contributed by atoms with Gasteiger partial charge in [-0.1, -0.05) is 13.8 Å². The van der Waals surface area contributed by atoms with E-state index in [1.807, 2.05) is 20.8 Å². The number of nitrogens with zero attached hydrogens (tertiary/aromatic N) is 2. The minimum atomic E-state index is -1.03. The molecule has 0 radical (unpaired) electrons. The molecule has 1 heterocycles. The van der Waals surface area contributed by atoms with E-state index in [4.69, 9.17) is 4.74 Å². The number of aromatic carboxylic acids is 1. The molecule has 0 aliphatic carbocycles. The third kappa shape index (κ3) is 3.90. The number of halogens is 1. The van der Waals surface area contributed by atoms with Crippen LogP contribution in [0.3, 0.4) is 0 Å². The van der Waals surface area contributed by atoms with Crippen LogP contribution in [0.1, 0.15) is 41.6 Å². The quantitative estimate of drug-likeness (QED) is 0.789. The number of aryl methyl sites for hydroxylation is 1. The summed E-state index contributed by atoms with van der Waals surface area (Å²) in [6, 6.07) is 6.68. The number of rotatable bonds is 4. The Labute approximate surface area is 136 Å². The first-order valence-electron chi connectivity index (χ1n) is 6.43. The Bertz CT molecular complexity index is 687. The molecule has 0 aliphatic rings. The summed E-state index contributed by atoms with van der Waals surface area (Å²) in [5.41, 5.74) is 0.898. The van der Waals surface area contributed by atoms with Crippen LogP contribution in [0.2, 0.25) is 0 Å². The van der Waals surface area contributed by atoms with Crippen molar-refractivity contribution in [2.24, 2.45) is 0 Å². The molecule has 0 fully saturated rings. The van der Waals surface area contributed by atoms with E-state index in [1.165, 1.54) is 0 Å². The molecule has 0 atom stereocenters. The zero-order valence-corrected chi connectivity index (χ0v) is 14.1. The Morgan fingerprint density at radius 1 is 1.29 bits per heavy atom. The van der Waals surface area contributed by atoms with Gasteiger partial charge in [0.2, 0.25) is 5.88 Å². The minimum absolute atomic E-state index is 0.115. The van der Waals surface area contributed by atoms with Gasteiger partial charge in [-0.05, 0) is 47.7 Å². The van der Waals surface area contributed by atoms with Crippen LogP contribution in [0.4, 0.5) is 0 Å². The molecule has 110 valence electrons. The fourth-order valence-corrected chi connectivity index (χ4v) is 2.23. The van der Waals surface area contributed by atoms with Crippen molar-refractivity contribution < 1.29 is 14.6 Å². The summed E-state index contributed by atoms with van der Waals surface area (Å²) >= 11 is 2.06. The second-order valence-corrected chi connectivity index (χ2v) is 6.15. The zero-order chi connectivity index (χ0) is 15.6. The fourth-order valence-electron chi connectivity index (χ4n) is 1.74. The molecule has 0 amide bonds. The van der Waals surface area contributed by atoms with Crippen LogP contribution >= 0.6 is 22.6 Å². The summed E-state index contributed by atoms with van der Waals surface area (Å²) in [6.07, 6.45) is 0. The standard InChI is InChI=1S/C15H15IN2O3/c1-8(2)14-17-9(3)6-13(18-14)21-12-5-4-10(16)7-11(12)15(19)20/h4-8H,1-3H3,(H,19,20). The third-order valence-electron chi connectivity index (χ3n) is 2.75. The van der Waals surface area contributed by atoms with E-state index in [-0.39, 0.29) is 17.2 Å². The molecule has 1 aromatic heterocycles. The smallest absolute Gasteiger partial charge is 0.339 e. The summed E-state index contributed by atoms with van der Waals surface area (Å²) in [5, 5.41) is 9.25. The average Bonchev–Trinajstić information content (AvgIpc) is 2.40. The molecule has 0 saturated carbocycles. The van der Waals surface area contributed by atoms with Crippen LogP contribution in [-0.4, -0.2) is 21.0 Å². The van der Waals surface area contributed by atoms with E-state index in [0.717, 1.165) is 9.26 Å². The predicted molar refractivity (Wildman–Crippen MR) is 87.1 cm³/mol. The number of aromatic nitrogens is 2. The Morgan fingerprint density at radius 2 is 2.00 bits per heavy atom. The van der Waals surface area contributed by atoms with Crippen molar-refractivity contribution in [1.29, 1.82) is 0 Å². The Hall–Kier alpha value is -1.70. The summed E-state index contributed by atoms with van der Waals surface area (Å²) in [6.45, 7) is 5.84. The average molecular weight is 398 g/mol. The summed E-state index contributed by atoms with van der Waals surface area (Å²) in [4.78, 5) is 20.0.